The lowest BCUT2D eigenvalue weighted by molar-refractivity contribution is -0.116. The highest BCUT2D eigenvalue weighted by atomic mass is 32.1. The van der Waals surface area contributed by atoms with Crippen LogP contribution in [0.1, 0.15) is 20.8 Å². The predicted octanol–water partition coefficient (Wildman–Crippen LogP) is 1.22. The number of ketones is 1. The summed E-state index contributed by atoms with van der Waals surface area (Å²) in [5.74, 6) is 0.153. The number of rotatable bonds is 5. The fraction of sp³-hybridized carbons (Fsp3) is 0.875. The molecular weight excluding hydrogens is 158 g/mol. The van der Waals surface area contributed by atoms with Crippen molar-refractivity contribution in [2.24, 2.45) is 0 Å². The highest BCUT2D eigenvalue weighted by molar-refractivity contribution is 7.81. The van der Waals surface area contributed by atoms with Crippen LogP contribution >= 0.6 is 12.6 Å². The van der Waals surface area contributed by atoms with Crippen molar-refractivity contribution in [2.45, 2.75) is 26.0 Å². The molecule has 0 aliphatic heterocycles. The Balaban J connectivity index is 3.71. The Morgan fingerprint density at radius 2 is 1.91 bits per heavy atom. The van der Waals surface area contributed by atoms with Crippen molar-refractivity contribution in [1.29, 1.82) is 0 Å². The molecule has 0 aliphatic carbocycles. The van der Waals surface area contributed by atoms with Gasteiger partial charge in [-0.3, -0.25) is 4.79 Å². The summed E-state index contributed by atoms with van der Waals surface area (Å²) in [5.41, 5.74) is 0. The number of hydrogen-bond acceptors (Lipinski definition) is 3. The normalized spacial score (nSPS) is 13.5. The SMILES string of the molecule is CCN(CC)CC(S)C(C)=O. The van der Waals surface area contributed by atoms with Gasteiger partial charge in [0.1, 0.15) is 5.78 Å². The van der Waals surface area contributed by atoms with E-state index in [0.29, 0.717) is 0 Å². The minimum absolute atomic E-state index is 0.116. The number of carbonyl (C=O) groups excluding carboxylic acids is 1. The average Bonchev–Trinajstić information content (AvgIpc) is 1.99. The topological polar surface area (TPSA) is 20.3 Å². The molecule has 1 atom stereocenters. The molecule has 0 N–H and O–H groups in total. The second-order valence-electron chi connectivity index (χ2n) is 2.61. The molecule has 0 fully saturated rings. The molecular formula is C8H17NOS. The summed E-state index contributed by atoms with van der Waals surface area (Å²) in [7, 11) is 0. The minimum Gasteiger partial charge on any atom is -0.302 e. The summed E-state index contributed by atoms with van der Waals surface area (Å²) in [5, 5.41) is -0.116. The van der Waals surface area contributed by atoms with Crippen LogP contribution in [-0.2, 0) is 4.79 Å². The van der Waals surface area contributed by atoms with E-state index in [1.54, 1.807) is 6.92 Å². The van der Waals surface area contributed by atoms with Gasteiger partial charge >= 0.3 is 0 Å². The van der Waals surface area contributed by atoms with Crippen molar-refractivity contribution in [3.05, 3.63) is 0 Å². The van der Waals surface area contributed by atoms with E-state index in [9.17, 15) is 4.79 Å². The van der Waals surface area contributed by atoms with Crippen LogP contribution < -0.4 is 0 Å². The molecule has 0 saturated heterocycles. The number of nitrogens with zero attached hydrogens (tertiary/aromatic N) is 1. The zero-order valence-corrected chi connectivity index (χ0v) is 8.40. The summed E-state index contributed by atoms with van der Waals surface area (Å²) >= 11 is 4.18. The van der Waals surface area contributed by atoms with Gasteiger partial charge in [0.15, 0.2) is 0 Å². The summed E-state index contributed by atoms with van der Waals surface area (Å²) in [6, 6.07) is 0. The van der Waals surface area contributed by atoms with Gasteiger partial charge in [-0.05, 0) is 20.0 Å². The zero-order valence-electron chi connectivity index (χ0n) is 7.50. The fourth-order valence-corrected chi connectivity index (χ4v) is 1.09. The lowest BCUT2D eigenvalue weighted by Crippen LogP contribution is -2.32. The molecule has 0 radical (unpaired) electrons. The molecule has 0 saturated carbocycles. The van der Waals surface area contributed by atoms with Crippen molar-refractivity contribution in [3.63, 3.8) is 0 Å². The van der Waals surface area contributed by atoms with Gasteiger partial charge in [-0.1, -0.05) is 13.8 Å². The molecule has 0 heterocycles. The van der Waals surface area contributed by atoms with Crippen LogP contribution in [0.2, 0.25) is 0 Å². The largest absolute Gasteiger partial charge is 0.302 e. The van der Waals surface area contributed by atoms with Gasteiger partial charge in [-0.2, -0.15) is 12.6 Å². The van der Waals surface area contributed by atoms with Crippen LogP contribution in [0.3, 0.4) is 0 Å². The van der Waals surface area contributed by atoms with Crippen molar-refractivity contribution < 1.29 is 4.79 Å². The fourth-order valence-electron chi connectivity index (χ4n) is 0.855. The molecule has 0 amide bonds. The van der Waals surface area contributed by atoms with E-state index in [1.807, 2.05) is 0 Å². The molecule has 0 rings (SSSR count). The van der Waals surface area contributed by atoms with E-state index in [0.717, 1.165) is 19.6 Å². The van der Waals surface area contributed by atoms with E-state index in [1.165, 1.54) is 0 Å². The molecule has 2 nitrogen and oxygen atoms in total. The molecule has 11 heavy (non-hydrogen) atoms. The highest BCUT2D eigenvalue weighted by Crippen LogP contribution is 2.00. The Hall–Kier alpha value is -0.0200. The summed E-state index contributed by atoms with van der Waals surface area (Å²) < 4.78 is 0. The Bertz CT molecular complexity index is 123. The first kappa shape index (κ1) is 11.0. The van der Waals surface area contributed by atoms with Gasteiger partial charge in [-0.25, -0.2) is 0 Å². The monoisotopic (exact) mass is 175 g/mol. The number of carbonyl (C=O) groups is 1. The molecule has 0 spiro atoms. The first-order chi connectivity index (χ1) is 5.11. The Labute approximate surface area is 74.4 Å². The van der Waals surface area contributed by atoms with Crippen molar-refractivity contribution >= 4 is 18.4 Å². The van der Waals surface area contributed by atoms with Crippen molar-refractivity contribution in [3.8, 4) is 0 Å². The molecule has 1 unspecified atom stereocenters. The lowest BCUT2D eigenvalue weighted by Gasteiger charge is -2.20. The van der Waals surface area contributed by atoms with Gasteiger partial charge in [0.25, 0.3) is 0 Å². The Morgan fingerprint density at radius 1 is 1.45 bits per heavy atom. The van der Waals surface area contributed by atoms with Crippen LogP contribution in [-0.4, -0.2) is 35.6 Å². The molecule has 0 aromatic carbocycles. The maximum absolute atomic E-state index is 10.8. The molecule has 0 aliphatic rings. The van der Waals surface area contributed by atoms with E-state index in [-0.39, 0.29) is 11.0 Å². The predicted molar refractivity (Wildman–Crippen MR) is 51.2 cm³/mol. The van der Waals surface area contributed by atoms with Crippen LogP contribution in [0, 0.1) is 0 Å². The molecule has 0 aromatic rings. The summed E-state index contributed by atoms with van der Waals surface area (Å²) in [6.07, 6.45) is 0. The molecule has 0 bridgehead atoms. The Morgan fingerprint density at radius 3 is 2.18 bits per heavy atom. The van der Waals surface area contributed by atoms with E-state index < -0.39 is 0 Å². The van der Waals surface area contributed by atoms with Gasteiger partial charge in [0.2, 0.25) is 0 Å². The van der Waals surface area contributed by atoms with E-state index in [2.05, 4.69) is 31.4 Å². The van der Waals surface area contributed by atoms with Crippen LogP contribution in [0.4, 0.5) is 0 Å². The lowest BCUT2D eigenvalue weighted by atomic mass is 10.3. The van der Waals surface area contributed by atoms with Gasteiger partial charge in [0.05, 0.1) is 5.25 Å². The molecule has 66 valence electrons. The zero-order chi connectivity index (χ0) is 8.85. The molecule has 0 aromatic heterocycles. The second kappa shape index (κ2) is 5.61. The number of hydrogen-bond donors (Lipinski definition) is 1. The third kappa shape index (κ3) is 4.43. The summed E-state index contributed by atoms with van der Waals surface area (Å²) in [4.78, 5) is 13.0. The first-order valence-corrected chi connectivity index (χ1v) is 4.54. The standard InChI is InChI=1S/C8H17NOS/c1-4-9(5-2)6-8(11)7(3)10/h8,11H,4-6H2,1-3H3. The van der Waals surface area contributed by atoms with Crippen LogP contribution in [0.15, 0.2) is 0 Å². The number of thiol groups is 1. The van der Waals surface area contributed by atoms with Gasteiger partial charge in [0, 0.05) is 6.54 Å². The van der Waals surface area contributed by atoms with E-state index in [4.69, 9.17) is 0 Å². The maximum atomic E-state index is 10.8. The highest BCUT2D eigenvalue weighted by Gasteiger charge is 2.11. The summed E-state index contributed by atoms with van der Waals surface area (Å²) in [6.45, 7) is 8.50. The van der Waals surface area contributed by atoms with Crippen molar-refractivity contribution in [2.75, 3.05) is 19.6 Å². The van der Waals surface area contributed by atoms with Crippen LogP contribution in [0.5, 0.6) is 0 Å². The Kier molecular flexibility index (Phi) is 5.60. The average molecular weight is 175 g/mol. The van der Waals surface area contributed by atoms with Gasteiger partial charge < -0.3 is 4.90 Å². The van der Waals surface area contributed by atoms with Gasteiger partial charge in [-0.15, -0.1) is 0 Å². The third-order valence-electron chi connectivity index (χ3n) is 1.79. The smallest absolute Gasteiger partial charge is 0.143 e. The van der Waals surface area contributed by atoms with Crippen molar-refractivity contribution in [1.82, 2.24) is 4.90 Å². The minimum atomic E-state index is -0.116. The first-order valence-electron chi connectivity index (χ1n) is 4.02. The second-order valence-corrected chi connectivity index (χ2v) is 3.24. The number of Topliss-reactive ketones (excluding diaryl/α,β-unsaturated/α-hetero) is 1. The van der Waals surface area contributed by atoms with E-state index >= 15 is 0 Å². The quantitative estimate of drug-likeness (QED) is 0.634. The van der Waals surface area contributed by atoms with Crippen LogP contribution in [0.25, 0.3) is 0 Å². The molecule has 3 heteroatoms. The third-order valence-corrected chi connectivity index (χ3v) is 2.32. The maximum Gasteiger partial charge on any atom is 0.143 e.